The van der Waals surface area contributed by atoms with Crippen LogP contribution < -0.4 is 5.73 Å². The lowest BCUT2D eigenvalue weighted by Crippen LogP contribution is -2.49. The highest BCUT2D eigenvalue weighted by Gasteiger charge is 2.40. The molecule has 0 heterocycles. The summed E-state index contributed by atoms with van der Waals surface area (Å²) < 4.78 is 41.5. The highest BCUT2D eigenvalue weighted by molar-refractivity contribution is 7.89. The van der Waals surface area contributed by atoms with Gasteiger partial charge in [0, 0.05) is 17.6 Å². The predicted molar refractivity (Wildman–Crippen MR) is 106 cm³/mol. The highest BCUT2D eigenvalue weighted by Crippen LogP contribution is 2.33. The molecule has 0 unspecified atom stereocenters. The van der Waals surface area contributed by atoms with Crippen molar-refractivity contribution in [1.29, 1.82) is 0 Å². The Hall–Kier alpha value is -1.96. The number of hydrogen-bond donors (Lipinski definition) is 1. The maximum atomic E-state index is 13.4. The molecule has 0 saturated heterocycles. The van der Waals surface area contributed by atoms with Crippen molar-refractivity contribution >= 4 is 27.5 Å². The number of nitrogens with zero attached hydrogens (tertiary/aromatic N) is 1. The fourth-order valence-electron chi connectivity index (χ4n) is 3.68. The van der Waals surface area contributed by atoms with E-state index in [1.807, 2.05) is 0 Å². The van der Waals surface area contributed by atoms with Crippen LogP contribution in [0.2, 0.25) is 5.02 Å². The Balaban J connectivity index is 2.03. The van der Waals surface area contributed by atoms with Crippen molar-refractivity contribution in [2.24, 2.45) is 11.7 Å². The molecule has 8 heteroatoms. The fraction of sp³-hybridized carbons (Fsp3) is 0.350. The Bertz CT molecular complexity index is 933. The summed E-state index contributed by atoms with van der Waals surface area (Å²) in [7, 11) is -3.92. The second-order valence-corrected chi connectivity index (χ2v) is 9.32. The van der Waals surface area contributed by atoms with E-state index in [1.54, 1.807) is 12.1 Å². The molecule has 28 heavy (non-hydrogen) atoms. The van der Waals surface area contributed by atoms with Gasteiger partial charge in [0.1, 0.15) is 5.82 Å². The summed E-state index contributed by atoms with van der Waals surface area (Å²) in [5, 5.41) is 0.428. The van der Waals surface area contributed by atoms with Gasteiger partial charge in [0.2, 0.25) is 15.9 Å². The molecule has 0 spiro atoms. The van der Waals surface area contributed by atoms with Crippen molar-refractivity contribution in [3.05, 3.63) is 64.9 Å². The second-order valence-electron chi connectivity index (χ2n) is 6.99. The number of benzene rings is 2. The Morgan fingerprint density at radius 2 is 1.68 bits per heavy atom. The Morgan fingerprint density at radius 3 is 2.29 bits per heavy atom. The van der Waals surface area contributed by atoms with E-state index in [1.165, 1.54) is 40.7 Å². The zero-order chi connectivity index (χ0) is 20.3. The van der Waals surface area contributed by atoms with Gasteiger partial charge in [-0.1, -0.05) is 36.6 Å². The normalized spacial score (nSPS) is 20.2. The molecule has 150 valence electrons. The SMILES string of the molecule is NC(=O)[C@@H]1CCCC[C@@H]1N(Cc1ccc(F)cc1)S(=O)(=O)c1ccc(Cl)cc1. The number of halogens is 2. The maximum Gasteiger partial charge on any atom is 0.243 e. The summed E-state index contributed by atoms with van der Waals surface area (Å²) in [5.41, 5.74) is 6.22. The van der Waals surface area contributed by atoms with Crippen molar-refractivity contribution in [3.8, 4) is 0 Å². The maximum absolute atomic E-state index is 13.4. The van der Waals surface area contributed by atoms with E-state index in [-0.39, 0.29) is 11.4 Å². The first-order valence-electron chi connectivity index (χ1n) is 9.10. The zero-order valence-corrected chi connectivity index (χ0v) is 16.8. The molecule has 1 aliphatic carbocycles. The molecular formula is C20H22ClFN2O3S. The number of carbonyl (C=O) groups excluding carboxylic acids is 1. The standard InChI is InChI=1S/C20H22ClFN2O3S/c21-15-7-11-17(12-8-15)28(26,27)24(13-14-5-9-16(22)10-6-14)19-4-2-1-3-18(19)20(23)25/h5-12,18-19H,1-4,13H2,(H2,23,25)/t18-,19+/m1/s1. The average molecular weight is 425 g/mol. The number of sulfonamides is 1. The van der Waals surface area contributed by atoms with Gasteiger partial charge >= 0.3 is 0 Å². The summed E-state index contributed by atoms with van der Waals surface area (Å²) in [6.45, 7) is 0.0275. The van der Waals surface area contributed by atoms with Gasteiger partial charge in [-0.05, 0) is 54.8 Å². The van der Waals surface area contributed by atoms with Crippen LogP contribution in [0, 0.1) is 11.7 Å². The molecule has 1 saturated carbocycles. The molecule has 2 aromatic rings. The first kappa shape index (κ1) is 20.8. The van der Waals surface area contributed by atoms with Crippen LogP contribution in [-0.4, -0.2) is 24.7 Å². The molecule has 0 aliphatic heterocycles. The number of primary amides is 1. The van der Waals surface area contributed by atoms with E-state index >= 15 is 0 Å². The van der Waals surface area contributed by atoms with Crippen LogP contribution in [0.3, 0.4) is 0 Å². The van der Waals surface area contributed by atoms with Gasteiger partial charge in [-0.2, -0.15) is 4.31 Å². The van der Waals surface area contributed by atoms with Gasteiger partial charge in [0.15, 0.2) is 0 Å². The lowest BCUT2D eigenvalue weighted by atomic mass is 9.84. The number of rotatable bonds is 6. The van der Waals surface area contributed by atoms with Crippen molar-refractivity contribution in [3.63, 3.8) is 0 Å². The van der Waals surface area contributed by atoms with Gasteiger partial charge in [-0.3, -0.25) is 4.79 Å². The monoisotopic (exact) mass is 424 g/mol. The second kappa shape index (κ2) is 8.59. The lowest BCUT2D eigenvalue weighted by molar-refractivity contribution is -0.124. The van der Waals surface area contributed by atoms with E-state index in [4.69, 9.17) is 17.3 Å². The summed E-state index contributed by atoms with van der Waals surface area (Å²) in [6.07, 6.45) is 2.73. The molecule has 0 radical (unpaired) electrons. The molecule has 0 aromatic heterocycles. The highest BCUT2D eigenvalue weighted by atomic mass is 35.5. The van der Waals surface area contributed by atoms with Gasteiger partial charge < -0.3 is 5.73 Å². The number of hydrogen-bond acceptors (Lipinski definition) is 3. The van der Waals surface area contributed by atoms with E-state index in [2.05, 4.69) is 0 Å². The van der Waals surface area contributed by atoms with Gasteiger partial charge in [-0.15, -0.1) is 0 Å². The quantitative estimate of drug-likeness (QED) is 0.767. The molecule has 1 fully saturated rings. The Morgan fingerprint density at radius 1 is 1.07 bits per heavy atom. The third kappa shape index (κ3) is 4.54. The van der Waals surface area contributed by atoms with Gasteiger partial charge in [-0.25, -0.2) is 12.8 Å². The fourth-order valence-corrected chi connectivity index (χ4v) is 5.48. The molecule has 5 nitrogen and oxygen atoms in total. The topological polar surface area (TPSA) is 80.5 Å². The minimum atomic E-state index is -3.92. The van der Waals surface area contributed by atoms with E-state index in [0.717, 1.165) is 12.8 Å². The minimum absolute atomic E-state index is 0.0275. The van der Waals surface area contributed by atoms with Gasteiger partial charge in [0.25, 0.3) is 0 Å². The van der Waals surface area contributed by atoms with E-state index < -0.39 is 33.7 Å². The van der Waals surface area contributed by atoms with E-state index in [9.17, 15) is 17.6 Å². The number of nitrogens with two attached hydrogens (primary N) is 1. The minimum Gasteiger partial charge on any atom is -0.369 e. The summed E-state index contributed by atoms with van der Waals surface area (Å²) in [4.78, 5) is 12.1. The average Bonchev–Trinajstić information content (AvgIpc) is 2.67. The third-order valence-corrected chi connectivity index (χ3v) is 7.27. The first-order chi connectivity index (χ1) is 13.3. The molecule has 3 rings (SSSR count). The molecule has 2 N–H and O–H groups in total. The van der Waals surface area contributed by atoms with Crippen LogP contribution in [0.4, 0.5) is 4.39 Å². The van der Waals surface area contributed by atoms with Crippen LogP contribution in [0.15, 0.2) is 53.4 Å². The van der Waals surface area contributed by atoms with Gasteiger partial charge in [0.05, 0.1) is 10.8 Å². The Kier molecular flexibility index (Phi) is 6.37. The summed E-state index contributed by atoms with van der Waals surface area (Å²) >= 11 is 5.89. The van der Waals surface area contributed by atoms with Crippen LogP contribution in [0.5, 0.6) is 0 Å². The van der Waals surface area contributed by atoms with Crippen LogP contribution in [0.25, 0.3) is 0 Å². The molecule has 1 aliphatic rings. The molecule has 1 amide bonds. The molecular weight excluding hydrogens is 403 g/mol. The van der Waals surface area contributed by atoms with Crippen LogP contribution >= 0.6 is 11.6 Å². The molecule has 0 bridgehead atoms. The molecule has 2 aromatic carbocycles. The van der Waals surface area contributed by atoms with Crippen molar-refractivity contribution in [2.45, 2.75) is 43.2 Å². The van der Waals surface area contributed by atoms with Crippen LogP contribution in [0.1, 0.15) is 31.2 Å². The smallest absolute Gasteiger partial charge is 0.243 e. The summed E-state index contributed by atoms with van der Waals surface area (Å²) in [5.74, 6) is -1.46. The largest absolute Gasteiger partial charge is 0.369 e. The first-order valence-corrected chi connectivity index (χ1v) is 10.9. The zero-order valence-electron chi connectivity index (χ0n) is 15.2. The van der Waals surface area contributed by atoms with E-state index in [0.29, 0.717) is 23.4 Å². The van der Waals surface area contributed by atoms with Crippen LogP contribution in [-0.2, 0) is 21.4 Å². The molecule has 2 atom stereocenters. The van der Waals surface area contributed by atoms with Crippen molar-refractivity contribution < 1.29 is 17.6 Å². The van der Waals surface area contributed by atoms with Crippen molar-refractivity contribution in [1.82, 2.24) is 4.31 Å². The number of amides is 1. The predicted octanol–water partition coefficient (Wildman–Crippen LogP) is 3.71. The Labute approximate surface area is 169 Å². The summed E-state index contributed by atoms with van der Waals surface area (Å²) in [6, 6.07) is 11.0. The lowest BCUT2D eigenvalue weighted by Gasteiger charge is -2.38. The third-order valence-electron chi connectivity index (χ3n) is 5.14. The van der Waals surface area contributed by atoms with Crippen molar-refractivity contribution in [2.75, 3.05) is 0 Å². The number of carbonyl (C=O) groups is 1.